The predicted molar refractivity (Wildman–Crippen MR) is 115 cm³/mol. The molecule has 0 saturated heterocycles. The molecule has 1 aliphatic rings. The number of aromatic nitrogens is 1. The summed E-state index contributed by atoms with van der Waals surface area (Å²) in [6.07, 6.45) is 1.80. The topological polar surface area (TPSA) is 85.6 Å². The summed E-state index contributed by atoms with van der Waals surface area (Å²) >= 11 is 0. The summed E-state index contributed by atoms with van der Waals surface area (Å²) in [6.45, 7) is 1.81. The van der Waals surface area contributed by atoms with Gasteiger partial charge in [0.05, 0.1) is 23.7 Å². The zero-order valence-corrected chi connectivity index (χ0v) is 16.5. The molecule has 2 heterocycles. The van der Waals surface area contributed by atoms with Crippen molar-refractivity contribution in [2.45, 2.75) is 12.8 Å². The van der Waals surface area contributed by atoms with Crippen molar-refractivity contribution in [1.29, 1.82) is 0 Å². The van der Waals surface area contributed by atoms with Crippen LogP contribution in [-0.2, 0) is 9.53 Å². The molecule has 1 aromatic heterocycles. The van der Waals surface area contributed by atoms with Crippen molar-refractivity contribution >= 4 is 28.1 Å². The molecule has 0 aliphatic carbocycles. The molecular weight excluding hydrogens is 382 g/mol. The van der Waals surface area contributed by atoms with Gasteiger partial charge in [-0.2, -0.15) is 0 Å². The zero-order valence-electron chi connectivity index (χ0n) is 16.5. The lowest BCUT2D eigenvalue weighted by molar-refractivity contribution is -0.481. The molecule has 0 amide bonds. The minimum Gasteiger partial charge on any atom is -0.465 e. The smallest absolute Gasteiger partial charge is 0.325 e. The van der Waals surface area contributed by atoms with Gasteiger partial charge in [0.1, 0.15) is 6.54 Å². The number of anilines is 1. The van der Waals surface area contributed by atoms with Crippen LogP contribution in [0.25, 0.3) is 16.5 Å². The van der Waals surface area contributed by atoms with Crippen molar-refractivity contribution < 1.29 is 14.5 Å². The number of para-hydroxylation sites is 2. The first-order valence-corrected chi connectivity index (χ1v) is 9.77. The molecule has 0 saturated carbocycles. The lowest BCUT2D eigenvalue weighted by Crippen LogP contribution is -2.32. The fourth-order valence-corrected chi connectivity index (χ4v) is 3.83. The lowest BCUT2D eigenvalue weighted by atomic mass is 9.85. The van der Waals surface area contributed by atoms with Crippen molar-refractivity contribution in [3.05, 3.63) is 88.2 Å². The first-order valence-electron chi connectivity index (χ1n) is 9.77. The van der Waals surface area contributed by atoms with Crippen molar-refractivity contribution in [2.75, 3.05) is 24.6 Å². The van der Waals surface area contributed by atoms with Crippen LogP contribution in [0.1, 0.15) is 24.1 Å². The Hall–Kier alpha value is -3.74. The Balaban J connectivity index is 1.84. The summed E-state index contributed by atoms with van der Waals surface area (Å²) < 4.78 is 5.12. The van der Waals surface area contributed by atoms with E-state index >= 15 is 0 Å². The second-order valence-corrected chi connectivity index (χ2v) is 7.03. The number of carbonyl (C=O) groups is 1. The van der Waals surface area contributed by atoms with E-state index in [0.717, 1.165) is 22.2 Å². The number of hydrogen-bond donors (Lipinski definition) is 0. The molecule has 1 atom stereocenters. The maximum atomic E-state index is 12.2. The van der Waals surface area contributed by atoms with E-state index < -0.39 is 5.92 Å². The Labute approximate surface area is 173 Å². The molecule has 2 aromatic carbocycles. The molecule has 3 aromatic rings. The Morgan fingerprint density at radius 1 is 1.13 bits per heavy atom. The van der Waals surface area contributed by atoms with Gasteiger partial charge in [-0.05, 0) is 30.7 Å². The van der Waals surface area contributed by atoms with E-state index in [0.29, 0.717) is 17.9 Å². The van der Waals surface area contributed by atoms with Gasteiger partial charge in [-0.1, -0.05) is 42.5 Å². The highest BCUT2D eigenvalue weighted by Gasteiger charge is 2.33. The molecule has 4 rings (SSSR count). The van der Waals surface area contributed by atoms with E-state index in [9.17, 15) is 14.9 Å². The molecule has 0 spiro atoms. The van der Waals surface area contributed by atoms with E-state index in [1.807, 2.05) is 60.7 Å². The lowest BCUT2D eigenvalue weighted by Gasteiger charge is -2.32. The summed E-state index contributed by atoms with van der Waals surface area (Å²) in [6, 6.07) is 19.0. The van der Waals surface area contributed by atoms with Crippen LogP contribution in [0.15, 0.2) is 66.9 Å². The molecular formula is C23H21N3O4. The highest BCUT2D eigenvalue weighted by atomic mass is 16.6. The van der Waals surface area contributed by atoms with E-state index in [4.69, 9.17) is 9.72 Å². The Bertz CT molecular complexity index is 1140. The zero-order chi connectivity index (χ0) is 21.1. The molecule has 0 N–H and O–H groups in total. The number of nitrogens with zero attached hydrogens (tertiary/aromatic N) is 3. The number of esters is 1. The minimum absolute atomic E-state index is 0.0210. The second kappa shape index (κ2) is 8.32. The summed E-state index contributed by atoms with van der Waals surface area (Å²) in [5.41, 5.74) is 3.74. The number of benzene rings is 2. The van der Waals surface area contributed by atoms with Crippen LogP contribution in [-0.4, -0.2) is 35.6 Å². The van der Waals surface area contributed by atoms with Crippen molar-refractivity contribution in [2.24, 2.45) is 0 Å². The third-order valence-corrected chi connectivity index (χ3v) is 5.12. The van der Waals surface area contributed by atoms with E-state index in [2.05, 4.69) is 0 Å². The number of nitro groups is 1. The standard InChI is InChI=1S/C23H21N3O4/c1-2-30-23(27)15-25-13-19(21-12-11-16-7-3-5-9-20(16)24-21)18(14-26(28)29)17-8-4-6-10-22(17)25/h3-13,18H,2,14-15H2,1H3/t18-/m1/s1. The van der Waals surface area contributed by atoms with Crippen LogP contribution in [0.5, 0.6) is 0 Å². The number of ether oxygens (including phenoxy) is 1. The van der Waals surface area contributed by atoms with Gasteiger partial charge in [-0.3, -0.25) is 14.9 Å². The molecule has 0 fully saturated rings. The van der Waals surface area contributed by atoms with Crippen molar-refractivity contribution in [3.63, 3.8) is 0 Å². The van der Waals surface area contributed by atoms with E-state index in [1.54, 1.807) is 18.0 Å². The van der Waals surface area contributed by atoms with Crippen LogP contribution >= 0.6 is 0 Å². The van der Waals surface area contributed by atoms with Crippen LogP contribution < -0.4 is 4.90 Å². The van der Waals surface area contributed by atoms with Gasteiger partial charge in [0.25, 0.3) is 0 Å². The molecule has 7 heteroatoms. The van der Waals surface area contributed by atoms with Gasteiger partial charge in [-0.15, -0.1) is 0 Å². The van der Waals surface area contributed by atoms with Gasteiger partial charge in [0.2, 0.25) is 6.54 Å². The van der Waals surface area contributed by atoms with Crippen LogP contribution in [0.3, 0.4) is 0 Å². The van der Waals surface area contributed by atoms with Gasteiger partial charge in [-0.25, -0.2) is 4.98 Å². The fourth-order valence-electron chi connectivity index (χ4n) is 3.83. The van der Waals surface area contributed by atoms with Gasteiger partial charge in [0, 0.05) is 27.8 Å². The summed E-state index contributed by atoms with van der Waals surface area (Å²) in [5.74, 6) is -0.828. The SMILES string of the molecule is CCOC(=O)CN1C=C(c2ccc3ccccc3n2)[C@H](C[N+](=O)[O-])c2ccccc21. The number of fused-ring (bicyclic) bond motifs is 2. The van der Waals surface area contributed by atoms with Crippen LogP contribution in [0.2, 0.25) is 0 Å². The molecule has 7 nitrogen and oxygen atoms in total. The molecule has 152 valence electrons. The first kappa shape index (κ1) is 19.6. The fraction of sp³-hybridized carbons (Fsp3) is 0.217. The van der Waals surface area contributed by atoms with Gasteiger partial charge in [0.15, 0.2) is 0 Å². The van der Waals surface area contributed by atoms with Gasteiger partial charge >= 0.3 is 5.97 Å². The molecule has 0 radical (unpaired) electrons. The number of pyridine rings is 1. The van der Waals surface area contributed by atoms with Crippen LogP contribution in [0.4, 0.5) is 5.69 Å². The Morgan fingerprint density at radius 2 is 1.90 bits per heavy atom. The molecule has 0 unspecified atom stereocenters. The average molecular weight is 403 g/mol. The number of rotatable bonds is 6. The highest BCUT2D eigenvalue weighted by Crippen LogP contribution is 2.42. The van der Waals surface area contributed by atoms with Crippen molar-refractivity contribution in [3.8, 4) is 0 Å². The Kier molecular flexibility index (Phi) is 5.43. The highest BCUT2D eigenvalue weighted by molar-refractivity contribution is 5.86. The normalized spacial score (nSPS) is 15.4. The van der Waals surface area contributed by atoms with E-state index in [-0.39, 0.29) is 24.0 Å². The molecule has 30 heavy (non-hydrogen) atoms. The van der Waals surface area contributed by atoms with Crippen molar-refractivity contribution in [1.82, 2.24) is 4.98 Å². The average Bonchev–Trinajstić information content (AvgIpc) is 2.75. The quantitative estimate of drug-likeness (QED) is 0.351. The molecule has 1 aliphatic heterocycles. The minimum atomic E-state index is -0.469. The maximum absolute atomic E-state index is 12.2. The van der Waals surface area contributed by atoms with Crippen LogP contribution in [0, 0.1) is 10.1 Å². The summed E-state index contributed by atoms with van der Waals surface area (Å²) in [7, 11) is 0. The first-order chi connectivity index (χ1) is 14.6. The summed E-state index contributed by atoms with van der Waals surface area (Å²) in [5, 5.41) is 12.5. The second-order valence-electron chi connectivity index (χ2n) is 7.03. The molecule has 0 bridgehead atoms. The monoisotopic (exact) mass is 403 g/mol. The summed E-state index contributed by atoms with van der Waals surface area (Å²) in [4.78, 5) is 29.9. The van der Waals surface area contributed by atoms with Gasteiger partial charge < -0.3 is 9.64 Å². The largest absolute Gasteiger partial charge is 0.465 e. The predicted octanol–water partition coefficient (Wildman–Crippen LogP) is 4.02. The third kappa shape index (κ3) is 3.87. The van der Waals surface area contributed by atoms with E-state index in [1.165, 1.54) is 0 Å². The maximum Gasteiger partial charge on any atom is 0.325 e. The third-order valence-electron chi connectivity index (χ3n) is 5.12. The number of carbonyl (C=O) groups excluding carboxylic acids is 1. The number of hydrogen-bond acceptors (Lipinski definition) is 6. The Morgan fingerprint density at radius 3 is 2.70 bits per heavy atom.